The highest BCUT2D eigenvalue weighted by molar-refractivity contribution is 5.88. The van der Waals surface area contributed by atoms with Gasteiger partial charge in [-0.15, -0.1) is 5.10 Å². The monoisotopic (exact) mass is 294 g/mol. The number of aryl methyl sites for hydroxylation is 1. The normalized spacial score (nSPS) is 10.8. The zero-order valence-electron chi connectivity index (χ0n) is 12.1. The fourth-order valence-corrected chi connectivity index (χ4v) is 1.82. The highest BCUT2D eigenvalue weighted by Gasteiger charge is 2.20. The standard InChI is InChI=1S/C12H18N6O3/c1-3-5-10-14-9(16-21-10)7-18-8(6-13)11(15-17-18)12(19)20-4-2/h3-7,13H2,1-2H3. The van der Waals surface area contributed by atoms with Gasteiger partial charge in [-0.3, -0.25) is 0 Å². The lowest BCUT2D eigenvalue weighted by atomic mass is 10.3. The summed E-state index contributed by atoms with van der Waals surface area (Å²) in [6.07, 6.45) is 1.65. The van der Waals surface area contributed by atoms with Gasteiger partial charge in [-0.05, 0) is 13.3 Å². The summed E-state index contributed by atoms with van der Waals surface area (Å²) in [5.74, 6) is 0.505. The van der Waals surface area contributed by atoms with Crippen LogP contribution in [0.2, 0.25) is 0 Å². The van der Waals surface area contributed by atoms with Gasteiger partial charge in [0.15, 0.2) is 11.5 Å². The summed E-state index contributed by atoms with van der Waals surface area (Å²) in [6, 6.07) is 0. The van der Waals surface area contributed by atoms with Gasteiger partial charge in [0.25, 0.3) is 0 Å². The smallest absolute Gasteiger partial charge is 0.360 e. The zero-order valence-corrected chi connectivity index (χ0v) is 12.1. The van der Waals surface area contributed by atoms with Gasteiger partial charge in [-0.1, -0.05) is 17.3 Å². The number of hydrogen-bond acceptors (Lipinski definition) is 8. The molecule has 0 aromatic carbocycles. The van der Waals surface area contributed by atoms with Crippen LogP contribution in [-0.4, -0.2) is 37.7 Å². The maximum Gasteiger partial charge on any atom is 0.360 e. The van der Waals surface area contributed by atoms with Crippen molar-refractivity contribution in [3.05, 3.63) is 23.1 Å². The van der Waals surface area contributed by atoms with Crippen molar-refractivity contribution in [3.63, 3.8) is 0 Å². The second kappa shape index (κ2) is 6.93. The van der Waals surface area contributed by atoms with E-state index in [1.807, 2.05) is 6.92 Å². The third-order valence-electron chi connectivity index (χ3n) is 2.76. The number of hydrogen-bond donors (Lipinski definition) is 1. The van der Waals surface area contributed by atoms with E-state index >= 15 is 0 Å². The average molecular weight is 294 g/mol. The molecule has 2 heterocycles. The minimum absolute atomic E-state index is 0.112. The molecule has 2 N–H and O–H groups in total. The number of nitrogens with zero attached hydrogens (tertiary/aromatic N) is 5. The minimum atomic E-state index is -0.538. The molecule has 0 fully saturated rings. The maximum absolute atomic E-state index is 11.7. The number of nitrogens with two attached hydrogens (primary N) is 1. The van der Waals surface area contributed by atoms with Crippen LogP contribution in [-0.2, 0) is 24.2 Å². The van der Waals surface area contributed by atoms with E-state index in [0.717, 1.165) is 12.8 Å². The van der Waals surface area contributed by atoms with Gasteiger partial charge in [0, 0.05) is 13.0 Å². The van der Waals surface area contributed by atoms with Crippen molar-refractivity contribution in [1.82, 2.24) is 25.1 Å². The number of esters is 1. The molecule has 21 heavy (non-hydrogen) atoms. The number of ether oxygens (including phenoxy) is 1. The van der Waals surface area contributed by atoms with E-state index in [9.17, 15) is 4.79 Å². The largest absolute Gasteiger partial charge is 0.461 e. The molecule has 2 aromatic heterocycles. The van der Waals surface area contributed by atoms with Crippen LogP contribution in [0.15, 0.2) is 4.52 Å². The molecule has 0 spiro atoms. The van der Waals surface area contributed by atoms with Crippen molar-refractivity contribution in [2.24, 2.45) is 5.73 Å². The van der Waals surface area contributed by atoms with Crippen LogP contribution in [0.1, 0.15) is 48.2 Å². The molecule has 9 heteroatoms. The predicted octanol–water partition coefficient (Wildman–Crippen LogP) is 0.297. The van der Waals surface area contributed by atoms with E-state index in [-0.39, 0.29) is 25.4 Å². The van der Waals surface area contributed by atoms with Gasteiger partial charge < -0.3 is 15.0 Å². The summed E-state index contributed by atoms with van der Waals surface area (Å²) in [5.41, 5.74) is 6.27. The first-order chi connectivity index (χ1) is 10.2. The average Bonchev–Trinajstić information content (AvgIpc) is 3.07. The Kier molecular flexibility index (Phi) is 4.99. The molecule has 0 unspecified atom stereocenters. The molecular formula is C12H18N6O3. The molecule has 2 aromatic rings. The van der Waals surface area contributed by atoms with Gasteiger partial charge in [-0.2, -0.15) is 4.98 Å². The Morgan fingerprint density at radius 1 is 1.43 bits per heavy atom. The molecule has 0 saturated heterocycles. The van der Waals surface area contributed by atoms with Crippen LogP contribution in [0.4, 0.5) is 0 Å². The number of carbonyl (C=O) groups excluding carboxylic acids is 1. The van der Waals surface area contributed by atoms with Crippen molar-refractivity contribution in [2.75, 3.05) is 6.61 Å². The van der Waals surface area contributed by atoms with E-state index < -0.39 is 5.97 Å². The third kappa shape index (κ3) is 3.43. The molecule has 114 valence electrons. The Balaban J connectivity index is 2.17. The fourth-order valence-electron chi connectivity index (χ4n) is 1.82. The summed E-state index contributed by atoms with van der Waals surface area (Å²) in [7, 11) is 0. The molecule has 0 amide bonds. The molecular weight excluding hydrogens is 276 g/mol. The van der Waals surface area contributed by atoms with Gasteiger partial charge in [-0.25, -0.2) is 9.48 Å². The Morgan fingerprint density at radius 3 is 2.90 bits per heavy atom. The molecule has 0 bridgehead atoms. The highest BCUT2D eigenvalue weighted by Crippen LogP contribution is 2.09. The maximum atomic E-state index is 11.7. The molecule has 0 atom stereocenters. The van der Waals surface area contributed by atoms with E-state index in [4.69, 9.17) is 15.0 Å². The molecule has 0 radical (unpaired) electrons. The van der Waals surface area contributed by atoms with Crippen molar-refractivity contribution in [2.45, 2.75) is 39.8 Å². The zero-order chi connectivity index (χ0) is 15.2. The van der Waals surface area contributed by atoms with Crippen LogP contribution in [0, 0.1) is 0 Å². The predicted molar refractivity (Wildman–Crippen MR) is 71.3 cm³/mol. The second-order valence-corrected chi connectivity index (χ2v) is 4.32. The van der Waals surface area contributed by atoms with Crippen LogP contribution >= 0.6 is 0 Å². The van der Waals surface area contributed by atoms with E-state index in [0.29, 0.717) is 17.4 Å². The van der Waals surface area contributed by atoms with Crippen molar-refractivity contribution < 1.29 is 14.1 Å². The summed E-state index contributed by atoms with van der Waals surface area (Å²) in [5, 5.41) is 11.6. The van der Waals surface area contributed by atoms with Gasteiger partial charge in [0.2, 0.25) is 5.89 Å². The first-order valence-electron chi connectivity index (χ1n) is 6.80. The van der Waals surface area contributed by atoms with E-state index in [1.165, 1.54) is 4.68 Å². The summed E-state index contributed by atoms with van der Waals surface area (Å²) in [4.78, 5) is 16.0. The lowest BCUT2D eigenvalue weighted by Gasteiger charge is -2.03. The van der Waals surface area contributed by atoms with Crippen LogP contribution in [0.25, 0.3) is 0 Å². The van der Waals surface area contributed by atoms with Crippen molar-refractivity contribution in [3.8, 4) is 0 Å². The van der Waals surface area contributed by atoms with Crippen molar-refractivity contribution in [1.29, 1.82) is 0 Å². The SMILES string of the molecule is CCCc1nc(Cn2nnc(C(=O)OCC)c2CN)no1. The van der Waals surface area contributed by atoms with E-state index in [1.54, 1.807) is 6.92 Å². The van der Waals surface area contributed by atoms with E-state index in [2.05, 4.69) is 20.5 Å². The van der Waals surface area contributed by atoms with Crippen LogP contribution in [0.3, 0.4) is 0 Å². The fraction of sp³-hybridized carbons (Fsp3) is 0.583. The van der Waals surface area contributed by atoms with Gasteiger partial charge in [0.05, 0.1) is 12.3 Å². The molecule has 0 aliphatic heterocycles. The molecule has 0 saturated carbocycles. The molecule has 2 rings (SSSR count). The van der Waals surface area contributed by atoms with Crippen LogP contribution < -0.4 is 5.73 Å². The first kappa shape index (κ1) is 15.1. The number of aromatic nitrogens is 5. The number of rotatable bonds is 7. The molecule has 0 aliphatic rings. The Hall–Kier alpha value is -2.29. The molecule has 9 nitrogen and oxygen atoms in total. The second-order valence-electron chi connectivity index (χ2n) is 4.32. The Bertz CT molecular complexity index is 606. The number of carbonyl (C=O) groups is 1. The quantitative estimate of drug-likeness (QED) is 0.723. The summed E-state index contributed by atoms with van der Waals surface area (Å²) < 4.78 is 11.5. The topological polar surface area (TPSA) is 122 Å². The summed E-state index contributed by atoms with van der Waals surface area (Å²) >= 11 is 0. The van der Waals surface area contributed by atoms with Crippen molar-refractivity contribution >= 4 is 5.97 Å². The lowest BCUT2D eigenvalue weighted by molar-refractivity contribution is 0.0518. The first-order valence-corrected chi connectivity index (χ1v) is 6.80. The van der Waals surface area contributed by atoms with Crippen LogP contribution in [0.5, 0.6) is 0 Å². The third-order valence-corrected chi connectivity index (χ3v) is 2.76. The Labute approximate surface area is 121 Å². The highest BCUT2D eigenvalue weighted by atomic mass is 16.5. The minimum Gasteiger partial charge on any atom is -0.461 e. The van der Waals surface area contributed by atoms with Gasteiger partial charge in [0.1, 0.15) is 6.54 Å². The summed E-state index contributed by atoms with van der Waals surface area (Å²) in [6.45, 7) is 4.37. The lowest BCUT2D eigenvalue weighted by Crippen LogP contribution is -2.15. The molecule has 0 aliphatic carbocycles. The van der Waals surface area contributed by atoms with Gasteiger partial charge >= 0.3 is 5.97 Å². The Morgan fingerprint density at radius 2 is 2.24 bits per heavy atom.